The Bertz CT molecular complexity index is 465. The minimum Gasteiger partial charge on any atom is -0.241 e. The molecule has 1 heterocycles. The molecule has 7 heteroatoms. The fourth-order valence-corrected chi connectivity index (χ4v) is 3.12. The number of hydrogen-bond donors (Lipinski definition) is 1. The number of halogens is 1. The van der Waals surface area contributed by atoms with Crippen LogP contribution in [-0.4, -0.2) is 31.5 Å². The molecule has 0 aromatic carbocycles. The van der Waals surface area contributed by atoms with Gasteiger partial charge in [0.05, 0.1) is 0 Å². The molecule has 0 saturated carbocycles. The molecule has 4 nitrogen and oxygen atoms in total. The normalized spacial score (nSPS) is 13.6. The van der Waals surface area contributed by atoms with Gasteiger partial charge in [0.1, 0.15) is 0 Å². The summed E-state index contributed by atoms with van der Waals surface area (Å²) in [7, 11) is -3.87. The van der Waals surface area contributed by atoms with Crippen molar-refractivity contribution in [2.24, 2.45) is 0 Å². The van der Waals surface area contributed by atoms with Crippen LogP contribution >= 0.6 is 11.8 Å². The molecule has 96 valence electrons. The SMILES string of the molecule is CSCCC(C)NS(=O)(=O)c1ncccc1F. The van der Waals surface area contributed by atoms with Crippen molar-refractivity contribution < 1.29 is 12.8 Å². The van der Waals surface area contributed by atoms with E-state index >= 15 is 0 Å². The molecule has 0 bridgehead atoms. The van der Waals surface area contributed by atoms with Crippen LogP contribution in [0.2, 0.25) is 0 Å². The second-order valence-corrected chi connectivity index (χ2v) is 6.21. The topological polar surface area (TPSA) is 59.1 Å². The van der Waals surface area contributed by atoms with Gasteiger partial charge in [-0.25, -0.2) is 22.5 Å². The number of rotatable bonds is 6. The van der Waals surface area contributed by atoms with Crippen LogP contribution in [0, 0.1) is 5.82 Å². The molecule has 1 aromatic rings. The molecule has 0 radical (unpaired) electrons. The van der Waals surface area contributed by atoms with E-state index in [1.807, 2.05) is 6.26 Å². The predicted molar refractivity (Wildman–Crippen MR) is 67.0 cm³/mol. The summed E-state index contributed by atoms with van der Waals surface area (Å²) in [5.74, 6) is 0.00560. The van der Waals surface area contributed by atoms with E-state index in [2.05, 4.69) is 9.71 Å². The Balaban J connectivity index is 2.79. The Labute approximate surface area is 105 Å². The highest BCUT2D eigenvalue weighted by Crippen LogP contribution is 2.11. The van der Waals surface area contributed by atoms with Crippen molar-refractivity contribution >= 4 is 21.8 Å². The first-order valence-electron chi connectivity index (χ1n) is 5.09. The Morgan fingerprint density at radius 1 is 1.59 bits per heavy atom. The van der Waals surface area contributed by atoms with Crippen molar-refractivity contribution in [3.05, 3.63) is 24.1 Å². The zero-order valence-electron chi connectivity index (χ0n) is 9.68. The highest BCUT2D eigenvalue weighted by atomic mass is 32.2. The highest BCUT2D eigenvalue weighted by Gasteiger charge is 2.22. The lowest BCUT2D eigenvalue weighted by molar-refractivity contribution is 0.530. The van der Waals surface area contributed by atoms with Crippen LogP contribution in [0.3, 0.4) is 0 Å². The van der Waals surface area contributed by atoms with E-state index in [0.717, 1.165) is 11.8 Å². The van der Waals surface area contributed by atoms with Gasteiger partial charge < -0.3 is 0 Å². The number of nitrogens with zero attached hydrogens (tertiary/aromatic N) is 1. The molecule has 0 spiro atoms. The average Bonchev–Trinajstić information content (AvgIpc) is 2.26. The first kappa shape index (κ1) is 14.4. The fourth-order valence-electron chi connectivity index (χ4n) is 1.24. The summed E-state index contributed by atoms with van der Waals surface area (Å²) in [6.45, 7) is 1.74. The number of hydrogen-bond acceptors (Lipinski definition) is 4. The lowest BCUT2D eigenvalue weighted by Crippen LogP contribution is -2.34. The Morgan fingerprint density at radius 3 is 2.88 bits per heavy atom. The Morgan fingerprint density at radius 2 is 2.29 bits per heavy atom. The van der Waals surface area contributed by atoms with E-state index in [9.17, 15) is 12.8 Å². The molecule has 1 atom stereocenters. The van der Waals surface area contributed by atoms with Crippen molar-refractivity contribution in [2.75, 3.05) is 12.0 Å². The van der Waals surface area contributed by atoms with Gasteiger partial charge in [-0.05, 0) is 37.5 Å². The van der Waals surface area contributed by atoms with Crippen molar-refractivity contribution in [3.63, 3.8) is 0 Å². The summed E-state index contributed by atoms with van der Waals surface area (Å²) >= 11 is 1.63. The van der Waals surface area contributed by atoms with Crippen LogP contribution in [-0.2, 0) is 10.0 Å². The third kappa shape index (κ3) is 4.25. The van der Waals surface area contributed by atoms with Gasteiger partial charge >= 0.3 is 0 Å². The average molecular weight is 278 g/mol. The molecule has 17 heavy (non-hydrogen) atoms. The smallest absolute Gasteiger partial charge is 0.241 e. The predicted octanol–water partition coefficient (Wildman–Crippen LogP) is 1.64. The molecule has 0 aliphatic heterocycles. The van der Waals surface area contributed by atoms with Crippen molar-refractivity contribution in [3.8, 4) is 0 Å². The number of aromatic nitrogens is 1. The summed E-state index contributed by atoms with van der Waals surface area (Å²) < 4.78 is 39.3. The van der Waals surface area contributed by atoms with Crippen LogP contribution in [0.4, 0.5) is 4.39 Å². The molecular formula is C10H15FN2O2S2. The maximum atomic E-state index is 13.3. The number of thioether (sulfide) groups is 1. The standard InChI is InChI=1S/C10H15FN2O2S2/c1-8(5-7-16-2)13-17(14,15)10-9(11)4-3-6-12-10/h3-4,6,8,13H,5,7H2,1-2H3. The van der Waals surface area contributed by atoms with Crippen molar-refractivity contribution in [1.29, 1.82) is 0 Å². The highest BCUT2D eigenvalue weighted by molar-refractivity contribution is 7.98. The molecule has 0 saturated heterocycles. The van der Waals surface area contributed by atoms with Crippen LogP contribution in [0.15, 0.2) is 23.4 Å². The molecule has 1 N–H and O–H groups in total. The maximum Gasteiger partial charge on any atom is 0.261 e. The van der Waals surface area contributed by atoms with E-state index in [0.29, 0.717) is 6.42 Å². The Kier molecular flexibility index (Phi) is 5.35. The monoisotopic (exact) mass is 278 g/mol. The van der Waals surface area contributed by atoms with Crippen molar-refractivity contribution in [1.82, 2.24) is 9.71 Å². The zero-order chi connectivity index (χ0) is 12.9. The number of nitrogens with one attached hydrogen (secondary N) is 1. The zero-order valence-corrected chi connectivity index (χ0v) is 11.3. The molecule has 1 rings (SSSR count). The van der Waals surface area contributed by atoms with E-state index in [1.54, 1.807) is 18.7 Å². The summed E-state index contributed by atoms with van der Waals surface area (Å²) in [6.07, 6.45) is 3.89. The number of sulfonamides is 1. The third-order valence-corrected chi connectivity index (χ3v) is 4.26. The van der Waals surface area contributed by atoms with Gasteiger partial charge in [0, 0.05) is 12.2 Å². The van der Waals surface area contributed by atoms with Gasteiger partial charge in [-0.2, -0.15) is 11.8 Å². The first-order chi connectivity index (χ1) is 7.97. The van der Waals surface area contributed by atoms with Crippen LogP contribution in [0.25, 0.3) is 0 Å². The number of pyridine rings is 1. The fraction of sp³-hybridized carbons (Fsp3) is 0.500. The summed E-state index contributed by atoms with van der Waals surface area (Å²) in [6, 6.07) is 2.19. The van der Waals surface area contributed by atoms with E-state index in [1.165, 1.54) is 12.3 Å². The molecule has 0 fully saturated rings. The minimum absolute atomic E-state index is 0.242. The van der Waals surface area contributed by atoms with Gasteiger partial charge in [0.25, 0.3) is 10.0 Å². The largest absolute Gasteiger partial charge is 0.261 e. The molecule has 0 aliphatic rings. The molecular weight excluding hydrogens is 263 g/mol. The van der Waals surface area contributed by atoms with Crippen LogP contribution in [0.5, 0.6) is 0 Å². The summed E-state index contributed by atoms with van der Waals surface area (Å²) in [5, 5.41) is -0.545. The van der Waals surface area contributed by atoms with Crippen molar-refractivity contribution in [2.45, 2.75) is 24.4 Å². The van der Waals surface area contributed by atoms with Gasteiger partial charge in [0.15, 0.2) is 5.82 Å². The second-order valence-electron chi connectivity index (χ2n) is 3.59. The van der Waals surface area contributed by atoms with E-state index in [-0.39, 0.29) is 6.04 Å². The first-order valence-corrected chi connectivity index (χ1v) is 7.97. The summed E-state index contributed by atoms with van der Waals surface area (Å²) in [5.41, 5.74) is 0. The third-order valence-electron chi connectivity index (χ3n) is 2.09. The molecule has 1 aromatic heterocycles. The maximum absolute atomic E-state index is 13.3. The Hall–Kier alpha value is -0.660. The van der Waals surface area contributed by atoms with E-state index < -0.39 is 20.9 Å². The van der Waals surface area contributed by atoms with Gasteiger partial charge in [-0.15, -0.1) is 0 Å². The summed E-state index contributed by atoms with van der Waals surface area (Å²) in [4.78, 5) is 3.55. The minimum atomic E-state index is -3.87. The quantitative estimate of drug-likeness (QED) is 0.859. The molecule has 1 unspecified atom stereocenters. The van der Waals surface area contributed by atoms with Gasteiger partial charge in [0.2, 0.25) is 5.03 Å². The lowest BCUT2D eigenvalue weighted by atomic mass is 10.3. The molecule has 0 aliphatic carbocycles. The second kappa shape index (κ2) is 6.32. The van der Waals surface area contributed by atoms with Gasteiger partial charge in [-0.3, -0.25) is 0 Å². The lowest BCUT2D eigenvalue weighted by Gasteiger charge is -2.13. The molecule has 0 amide bonds. The van der Waals surface area contributed by atoms with Crippen LogP contribution < -0.4 is 4.72 Å². The van der Waals surface area contributed by atoms with Gasteiger partial charge in [-0.1, -0.05) is 0 Å². The van der Waals surface area contributed by atoms with E-state index in [4.69, 9.17) is 0 Å². The van der Waals surface area contributed by atoms with Crippen LogP contribution in [0.1, 0.15) is 13.3 Å².